The maximum Gasteiger partial charge on any atom is 0.234 e. The smallest absolute Gasteiger partial charge is 0.234 e. The highest BCUT2D eigenvalue weighted by Crippen LogP contribution is 2.50. The van der Waals surface area contributed by atoms with Crippen LogP contribution < -0.4 is 21.2 Å². The second-order valence-corrected chi connectivity index (χ2v) is 11.9. The first-order valence-electron chi connectivity index (χ1n) is 12.7. The van der Waals surface area contributed by atoms with Gasteiger partial charge in [-0.1, -0.05) is 97.4 Å². The molecule has 1 unspecified atom stereocenters. The van der Waals surface area contributed by atoms with Gasteiger partial charge in [-0.05, 0) is 61.9 Å². The third kappa shape index (κ3) is 7.01. The van der Waals surface area contributed by atoms with Crippen LogP contribution in [-0.2, 0) is 11.2 Å². The minimum atomic E-state index is -0.468. The Kier molecular flexibility index (Phi) is 9.48. The average molecular weight is 489 g/mol. The van der Waals surface area contributed by atoms with E-state index in [1.54, 1.807) is 0 Å². The van der Waals surface area contributed by atoms with Gasteiger partial charge >= 0.3 is 0 Å². The minimum Gasteiger partial charge on any atom is -0.394 e. The molecule has 35 heavy (non-hydrogen) atoms. The number of aliphatic hydroxyl groups excluding tert-OH is 1. The summed E-state index contributed by atoms with van der Waals surface area (Å²) >= 11 is 0. The lowest BCUT2D eigenvalue weighted by atomic mass is 9.99. The molecule has 0 spiro atoms. The monoisotopic (exact) mass is 488 g/mol. The van der Waals surface area contributed by atoms with E-state index in [-0.39, 0.29) is 31.1 Å². The number of benzene rings is 3. The molecule has 4 nitrogen and oxygen atoms in total. The molecule has 1 amide bonds. The first-order chi connectivity index (χ1) is 17.2. The number of carbonyl (C=O) groups excluding carboxylic acids is 1. The van der Waals surface area contributed by atoms with Crippen LogP contribution in [0.5, 0.6) is 0 Å². The largest absolute Gasteiger partial charge is 0.394 e. The Labute approximate surface area is 210 Å². The third-order valence-electron chi connectivity index (χ3n) is 7.07. The van der Waals surface area contributed by atoms with Crippen LogP contribution in [0.15, 0.2) is 91.0 Å². The molecule has 3 aromatic rings. The summed E-state index contributed by atoms with van der Waals surface area (Å²) in [6, 6.07) is 31.8. The van der Waals surface area contributed by atoms with E-state index in [4.69, 9.17) is 0 Å². The van der Waals surface area contributed by atoms with E-state index in [9.17, 15) is 9.90 Å². The Morgan fingerprint density at radius 3 is 2.06 bits per heavy atom. The van der Waals surface area contributed by atoms with E-state index in [1.165, 1.54) is 29.9 Å². The first kappa shape index (κ1) is 25.6. The molecule has 0 saturated heterocycles. The highest BCUT2D eigenvalue weighted by atomic mass is 31.1. The highest BCUT2D eigenvalue weighted by molar-refractivity contribution is 7.73. The van der Waals surface area contributed by atoms with Gasteiger partial charge in [0.1, 0.15) is 0 Å². The summed E-state index contributed by atoms with van der Waals surface area (Å²) in [6.45, 7) is 2.43. The second kappa shape index (κ2) is 13.0. The highest BCUT2D eigenvalue weighted by Gasteiger charge is 2.38. The maximum atomic E-state index is 12.7. The summed E-state index contributed by atoms with van der Waals surface area (Å²) in [7, 11) is -0.468. The van der Waals surface area contributed by atoms with E-state index in [0.717, 1.165) is 5.56 Å². The predicted molar refractivity (Wildman–Crippen MR) is 147 cm³/mol. The van der Waals surface area contributed by atoms with Crippen molar-refractivity contribution in [1.82, 2.24) is 10.6 Å². The van der Waals surface area contributed by atoms with Gasteiger partial charge in [-0.2, -0.15) is 0 Å². The Morgan fingerprint density at radius 2 is 1.49 bits per heavy atom. The fourth-order valence-electron chi connectivity index (χ4n) is 5.33. The maximum absolute atomic E-state index is 12.7. The second-order valence-electron chi connectivity index (χ2n) is 9.51. The van der Waals surface area contributed by atoms with Crippen LogP contribution >= 0.6 is 7.92 Å². The van der Waals surface area contributed by atoms with Crippen molar-refractivity contribution in [3.05, 3.63) is 96.6 Å². The fraction of sp³-hybridized carbons (Fsp3) is 0.367. The number of hydrogen-bond acceptors (Lipinski definition) is 3. The molecule has 1 aliphatic rings. The van der Waals surface area contributed by atoms with E-state index in [2.05, 4.69) is 78.2 Å². The molecule has 4 rings (SSSR count). The predicted octanol–water partition coefficient (Wildman–Crippen LogP) is 3.99. The number of amides is 1. The molecular formula is C30H37N2O2P. The van der Waals surface area contributed by atoms with Gasteiger partial charge in [0.05, 0.1) is 19.2 Å². The Bertz CT molecular complexity index is 992. The van der Waals surface area contributed by atoms with Gasteiger partial charge in [-0.3, -0.25) is 4.79 Å². The molecule has 1 aliphatic carbocycles. The van der Waals surface area contributed by atoms with E-state index in [1.807, 2.05) is 30.3 Å². The summed E-state index contributed by atoms with van der Waals surface area (Å²) in [5, 5.41) is 19.2. The van der Waals surface area contributed by atoms with Crippen LogP contribution in [0.4, 0.5) is 0 Å². The van der Waals surface area contributed by atoms with Gasteiger partial charge < -0.3 is 15.7 Å². The third-order valence-corrected chi connectivity index (χ3v) is 10.1. The van der Waals surface area contributed by atoms with Crippen molar-refractivity contribution in [1.29, 1.82) is 0 Å². The van der Waals surface area contributed by atoms with E-state index >= 15 is 0 Å². The van der Waals surface area contributed by atoms with Crippen LogP contribution in [0.3, 0.4) is 0 Å². The van der Waals surface area contributed by atoms with Gasteiger partial charge in [0, 0.05) is 6.04 Å². The molecule has 0 aromatic heterocycles. The summed E-state index contributed by atoms with van der Waals surface area (Å²) in [5.41, 5.74) is 1.70. The first-order valence-corrected chi connectivity index (χ1v) is 14.1. The molecule has 0 radical (unpaired) electrons. The van der Waals surface area contributed by atoms with Crippen molar-refractivity contribution in [3.8, 4) is 0 Å². The SMILES string of the molecule is C[C@H](NCC(=O)N[C@H](CO)Cc1ccccc1)C1CCC[C@H]1P(c1ccccc1)c1ccccc1. The number of carbonyl (C=O) groups is 1. The fourth-order valence-corrected chi connectivity index (χ4v) is 8.61. The standard InChI is InChI=1S/C30H37N2O2P/c1-23(31-21-30(34)32-25(22-33)20-24-12-5-2-6-13-24)28-18-11-19-29(28)35(26-14-7-3-8-15-26)27-16-9-4-10-17-27/h2-10,12-17,23,25,28-29,31,33H,11,18-22H2,1H3,(H,32,34)/t23-,25-,28?,29+/m0/s1. The number of nitrogens with one attached hydrogen (secondary N) is 2. The van der Waals surface area contributed by atoms with Crippen molar-refractivity contribution < 1.29 is 9.90 Å². The lowest BCUT2D eigenvalue weighted by Gasteiger charge is -2.34. The molecule has 5 heteroatoms. The van der Waals surface area contributed by atoms with Crippen molar-refractivity contribution in [2.75, 3.05) is 13.2 Å². The van der Waals surface area contributed by atoms with Crippen LogP contribution in [0.1, 0.15) is 31.7 Å². The zero-order valence-electron chi connectivity index (χ0n) is 20.5. The molecule has 0 aliphatic heterocycles. The molecule has 184 valence electrons. The number of aliphatic hydroxyl groups is 1. The molecule has 0 heterocycles. The molecular weight excluding hydrogens is 451 g/mol. The normalized spacial score (nSPS) is 19.4. The van der Waals surface area contributed by atoms with E-state index < -0.39 is 7.92 Å². The average Bonchev–Trinajstić information content (AvgIpc) is 3.38. The number of rotatable bonds is 11. The topological polar surface area (TPSA) is 61.4 Å². The Balaban J connectivity index is 1.38. The van der Waals surface area contributed by atoms with Crippen LogP contribution in [0.25, 0.3) is 0 Å². The van der Waals surface area contributed by atoms with Gasteiger partial charge in [-0.25, -0.2) is 0 Å². The molecule has 3 aromatic carbocycles. The molecule has 4 atom stereocenters. The Morgan fingerprint density at radius 1 is 0.914 bits per heavy atom. The summed E-state index contributed by atoms with van der Waals surface area (Å²) in [5.74, 6) is 0.460. The minimum absolute atomic E-state index is 0.0604. The summed E-state index contributed by atoms with van der Waals surface area (Å²) < 4.78 is 0. The van der Waals surface area contributed by atoms with Crippen molar-refractivity contribution in [3.63, 3.8) is 0 Å². The lowest BCUT2D eigenvalue weighted by Crippen LogP contribution is -2.47. The van der Waals surface area contributed by atoms with E-state index in [0.29, 0.717) is 18.0 Å². The molecule has 1 saturated carbocycles. The molecule has 0 bridgehead atoms. The van der Waals surface area contributed by atoms with Crippen molar-refractivity contribution >= 4 is 24.4 Å². The van der Waals surface area contributed by atoms with Crippen molar-refractivity contribution in [2.24, 2.45) is 5.92 Å². The van der Waals surface area contributed by atoms with Crippen LogP contribution in [-0.4, -0.2) is 41.9 Å². The zero-order chi connectivity index (χ0) is 24.5. The zero-order valence-corrected chi connectivity index (χ0v) is 21.4. The number of hydrogen-bond donors (Lipinski definition) is 3. The lowest BCUT2D eigenvalue weighted by molar-refractivity contribution is -0.121. The van der Waals surface area contributed by atoms with Crippen molar-refractivity contribution in [2.45, 2.75) is 50.3 Å². The summed E-state index contributed by atoms with van der Waals surface area (Å²) in [6.07, 6.45) is 4.27. The van der Waals surface area contributed by atoms with Gasteiger partial charge in [0.2, 0.25) is 5.91 Å². The van der Waals surface area contributed by atoms with Crippen LogP contribution in [0.2, 0.25) is 0 Å². The van der Waals surface area contributed by atoms with Gasteiger partial charge in [-0.15, -0.1) is 0 Å². The van der Waals surface area contributed by atoms with Gasteiger partial charge in [0.25, 0.3) is 0 Å². The quantitative estimate of drug-likeness (QED) is 0.358. The molecule has 3 N–H and O–H groups in total. The van der Waals surface area contributed by atoms with Crippen LogP contribution in [0, 0.1) is 5.92 Å². The Hall–Kier alpha value is -2.52. The molecule has 1 fully saturated rings. The summed E-state index contributed by atoms with van der Waals surface area (Å²) in [4.78, 5) is 12.7. The van der Waals surface area contributed by atoms with Gasteiger partial charge in [0.15, 0.2) is 0 Å².